The van der Waals surface area contributed by atoms with E-state index >= 15 is 0 Å². The molecule has 0 aliphatic rings. The van der Waals surface area contributed by atoms with Crippen molar-refractivity contribution >= 4 is 11.9 Å². The van der Waals surface area contributed by atoms with E-state index in [1.54, 1.807) is 11.8 Å². The highest BCUT2D eigenvalue weighted by Gasteiger charge is 2.22. The van der Waals surface area contributed by atoms with Crippen LogP contribution in [0.5, 0.6) is 0 Å². The van der Waals surface area contributed by atoms with E-state index in [1.807, 2.05) is 6.92 Å². The van der Waals surface area contributed by atoms with Crippen LogP contribution in [0.2, 0.25) is 0 Å². The normalized spacial score (nSPS) is 14.8. The SMILES string of the molecule is CCN(CC(C)C(=O)O)C(=O)CC(C)CC(C)(C)C. The zero-order chi connectivity index (χ0) is 15.2. The van der Waals surface area contributed by atoms with Crippen LogP contribution in [0.3, 0.4) is 0 Å². The van der Waals surface area contributed by atoms with E-state index in [9.17, 15) is 9.59 Å². The maximum absolute atomic E-state index is 12.2. The predicted octanol–water partition coefficient (Wildman–Crippen LogP) is 3.02. The van der Waals surface area contributed by atoms with Crippen molar-refractivity contribution in [3.8, 4) is 0 Å². The first kappa shape index (κ1) is 17.9. The van der Waals surface area contributed by atoms with Crippen molar-refractivity contribution in [2.45, 2.75) is 54.4 Å². The number of rotatable bonds is 7. The number of hydrogen-bond acceptors (Lipinski definition) is 2. The van der Waals surface area contributed by atoms with Crippen LogP contribution in [0.1, 0.15) is 54.4 Å². The molecule has 0 aliphatic carbocycles. The molecule has 4 heteroatoms. The molecule has 0 bridgehead atoms. The second kappa shape index (κ2) is 7.51. The van der Waals surface area contributed by atoms with Crippen LogP contribution in [0.25, 0.3) is 0 Å². The monoisotopic (exact) mass is 271 g/mol. The summed E-state index contributed by atoms with van der Waals surface area (Å²) in [6.07, 6.45) is 1.49. The Labute approximate surface area is 117 Å². The van der Waals surface area contributed by atoms with E-state index in [4.69, 9.17) is 5.11 Å². The summed E-state index contributed by atoms with van der Waals surface area (Å²) in [5, 5.41) is 8.90. The van der Waals surface area contributed by atoms with Gasteiger partial charge in [0.1, 0.15) is 0 Å². The molecule has 2 unspecified atom stereocenters. The number of carbonyl (C=O) groups is 2. The van der Waals surface area contributed by atoms with Gasteiger partial charge in [0.25, 0.3) is 0 Å². The van der Waals surface area contributed by atoms with Gasteiger partial charge in [0.05, 0.1) is 5.92 Å². The van der Waals surface area contributed by atoms with E-state index in [0.717, 1.165) is 6.42 Å². The number of carboxylic acids is 1. The highest BCUT2D eigenvalue weighted by molar-refractivity contribution is 5.77. The van der Waals surface area contributed by atoms with Crippen molar-refractivity contribution in [3.05, 3.63) is 0 Å². The number of hydrogen-bond donors (Lipinski definition) is 1. The number of aliphatic carboxylic acids is 1. The Morgan fingerprint density at radius 1 is 1.21 bits per heavy atom. The van der Waals surface area contributed by atoms with Crippen LogP contribution in [0, 0.1) is 17.3 Å². The molecule has 0 saturated carbocycles. The van der Waals surface area contributed by atoms with Gasteiger partial charge in [-0.3, -0.25) is 9.59 Å². The predicted molar refractivity (Wildman–Crippen MR) is 76.9 cm³/mol. The fourth-order valence-corrected chi connectivity index (χ4v) is 2.36. The summed E-state index contributed by atoms with van der Waals surface area (Å²) in [6, 6.07) is 0. The average molecular weight is 271 g/mol. The fourth-order valence-electron chi connectivity index (χ4n) is 2.36. The molecule has 4 nitrogen and oxygen atoms in total. The molecule has 0 aromatic heterocycles. The standard InChI is InChI=1S/C15H29NO3/c1-7-16(10-12(3)14(18)19)13(17)8-11(2)9-15(4,5)6/h11-12H,7-10H2,1-6H3,(H,18,19). The molecule has 0 aliphatic heterocycles. The minimum absolute atomic E-state index is 0.0624. The van der Waals surface area contributed by atoms with Gasteiger partial charge in [-0.2, -0.15) is 0 Å². The molecule has 1 N–H and O–H groups in total. The first-order valence-corrected chi connectivity index (χ1v) is 7.07. The van der Waals surface area contributed by atoms with E-state index in [0.29, 0.717) is 25.4 Å². The third kappa shape index (κ3) is 7.85. The van der Waals surface area contributed by atoms with Gasteiger partial charge < -0.3 is 10.0 Å². The van der Waals surface area contributed by atoms with Crippen LogP contribution in [0.15, 0.2) is 0 Å². The Morgan fingerprint density at radius 2 is 1.74 bits per heavy atom. The molecule has 2 atom stereocenters. The van der Waals surface area contributed by atoms with Crippen molar-refractivity contribution in [2.24, 2.45) is 17.3 Å². The molecule has 0 saturated heterocycles. The summed E-state index contributed by atoms with van der Waals surface area (Å²) in [4.78, 5) is 24.7. The van der Waals surface area contributed by atoms with Crippen LogP contribution >= 0.6 is 0 Å². The van der Waals surface area contributed by atoms with Crippen molar-refractivity contribution in [1.29, 1.82) is 0 Å². The number of carbonyl (C=O) groups excluding carboxylic acids is 1. The largest absolute Gasteiger partial charge is 0.481 e. The molecule has 1 amide bonds. The minimum Gasteiger partial charge on any atom is -0.481 e. The number of amides is 1. The summed E-state index contributed by atoms with van der Waals surface area (Å²) in [6.45, 7) is 13.0. The molecule has 0 spiro atoms. The second-order valence-electron chi connectivity index (χ2n) is 6.75. The third-order valence-corrected chi connectivity index (χ3v) is 3.13. The van der Waals surface area contributed by atoms with Crippen molar-refractivity contribution in [1.82, 2.24) is 4.90 Å². The van der Waals surface area contributed by atoms with Gasteiger partial charge in [-0.25, -0.2) is 0 Å². The van der Waals surface area contributed by atoms with Crippen LogP contribution < -0.4 is 0 Å². The highest BCUT2D eigenvalue weighted by atomic mass is 16.4. The van der Waals surface area contributed by atoms with Crippen molar-refractivity contribution in [3.63, 3.8) is 0 Å². The lowest BCUT2D eigenvalue weighted by molar-refractivity contribution is -0.143. The molecule has 0 heterocycles. The Bertz CT molecular complexity index is 307. The van der Waals surface area contributed by atoms with Gasteiger partial charge in [0, 0.05) is 19.5 Å². The smallest absolute Gasteiger partial charge is 0.308 e. The maximum Gasteiger partial charge on any atom is 0.308 e. The average Bonchev–Trinajstić information content (AvgIpc) is 2.21. The number of carboxylic acid groups (broad SMARTS) is 1. The Morgan fingerprint density at radius 3 is 2.11 bits per heavy atom. The van der Waals surface area contributed by atoms with E-state index in [1.165, 1.54) is 0 Å². The van der Waals surface area contributed by atoms with Crippen LogP contribution in [-0.4, -0.2) is 35.0 Å². The quantitative estimate of drug-likeness (QED) is 0.774. The summed E-state index contributed by atoms with van der Waals surface area (Å²) in [7, 11) is 0. The summed E-state index contributed by atoms with van der Waals surface area (Å²) in [5.74, 6) is -0.982. The fraction of sp³-hybridized carbons (Fsp3) is 0.867. The Balaban J connectivity index is 4.40. The Kier molecular flexibility index (Phi) is 7.09. The molecule has 0 rings (SSSR count). The van der Waals surface area contributed by atoms with E-state index in [-0.39, 0.29) is 11.3 Å². The minimum atomic E-state index is -0.853. The lowest BCUT2D eigenvalue weighted by Crippen LogP contribution is -2.37. The molecule has 112 valence electrons. The van der Waals surface area contributed by atoms with Crippen LogP contribution in [0.4, 0.5) is 0 Å². The molecular weight excluding hydrogens is 242 g/mol. The highest BCUT2D eigenvalue weighted by Crippen LogP contribution is 2.26. The Hall–Kier alpha value is -1.06. The van der Waals surface area contributed by atoms with Gasteiger partial charge >= 0.3 is 5.97 Å². The third-order valence-electron chi connectivity index (χ3n) is 3.13. The second-order valence-corrected chi connectivity index (χ2v) is 6.75. The van der Waals surface area contributed by atoms with E-state index < -0.39 is 11.9 Å². The summed E-state index contributed by atoms with van der Waals surface area (Å²) < 4.78 is 0. The topological polar surface area (TPSA) is 57.6 Å². The summed E-state index contributed by atoms with van der Waals surface area (Å²) >= 11 is 0. The molecule has 0 aromatic carbocycles. The van der Waals surface area contributed by atoms with Crippen molar-refractivity contribution < 1.29 is 14.7 Å². The van der Waals surface area contributed by atoms with Gasteiger partial charge in [-0.05, 0) is 24.7 Å². The van der Waals surface area contributed by atoms with E-state index in [2.05, 4.69) is 27.7 Å². The van der Waals surface area contributed by atoms with Crippen LogP contribution in [-0.2, 0) is 9.59 Å². The molecule has 0 aromatic rings. The lowest BCUT2D eigenvalue weighted by atomic mass is 9.84. The first-order valence-electron chi connectivity index (χ1n) is 7.07. The number of nitrogens with zero attached hydrogens (tertiary/aromatic N) is 1. The molecular formula is C15H29NO3. The molecule has 19 heavy (non-hydrogen) atoms. The van der Waals surface area contributed by atoms with Gasteiger partial charge in [-0.1, -0.05) is 34.6 Å². The zero-order valence-electron chi connectivity index (χ0n) is 13.2. The maximum atomic E-state index is 12.2. The first-order chi connectivity index (χ1) is 8.56. The summed E-state index contributed by atoms with van der Waals surface area (Å²) in [5.41, 5.74) is 0.213. The molecule has 0 fully saturated rings. The molecule has 0 radical (unpaired) electrons. The van der Waals surface area contributed by atoms with Crippen molar-refractivity contribution in [2.75, 3.05) is 13.1 Å². The van der Waals surface area contributed by atoms with Gasteiger partial charge in [-0.15, -0.1) is 0 Å². The zero-order valence-corrected chi connectivity index (χ0v) is 13.2. The van der Waals surface area contributed by atoms with Gasteiger partial charge in [0.2, 0.25) is 5.91 Å². The van der Waals surface area contributed by atoms with Gasteiger partial charge in [0.15, 0.2) is 0 Å². The lowest BCUT2D eigenvalue weighted by Gasteiger charge is -2.27.